The molecule has 45 heavy (non-hydrogen) atoms. The molecule has 2 heterocycles. The predicted molar refractivity (Wildman–Crippen MR) is 158 cm³/mol. The molecule has 5 aromatic rings. The molecule has 0 fully saturated rings. The van der Waals surface area contributed by atoms with Crippen molar-refractivity contribution in [3.05, 3.63) is 94.6 Å². The molecule has 0 radical (unpaired) electrons. The fourth-order valence-electron chi connectivity index (χ4n) is 4.61. The van der Waals surface area contributed by atoms with Crippen LogP contribution in [-0.4, -0.2) is 51.7 Å². The van der Waals surface area contributed by atoms with Crippen molar-refractivity contribution in [1.82, 2.24) is 19.9 Å². The summed E-state index contributed by atoms with van der Waals surface area (Å²) in [6.07, 6.45) is -4.10. The Balaban J connectivity index is 1.68. The number of ether oxygens (including phenoxy) is 2. The molecule has 3 aromatic carbocycles. The van der Waals surface area contributed by atoms with E-state index in [1.54, 1.807) is 13.2 Å². The number of methoxy groups -OCH3 is 1. The lowest BCUT2D eigenvalue weighted by Crippen LogP contribution is -2.38. The molecular formula is C27H24F3N5O7S3. The first-order valence-electron chi connectivity index (χ1n) is 12.7. The molecule has 0 aliphatic rings. The number of nitrogens with two attached hydrogens (primary N) is 1. The van der Waals surface area contributed by atoms with Crippen molar-refractivity contribution in [2.24, 2.45) is 5.14 Å². The van der Waals surface area contributed by atoms with Crippen LogP contribution in [0.5, 0.6) is 5.75 Å². The van der Waals surface area contributed by atoms with Crippen molar-refractivity contribution in [2.75, 3.05) is 13.4 Å². The monoisotopic (exact) mass is 683 g/mol. The van der Waals surface area contributed by atoms with E-state index in [0.717, 1.165) is 58.5 Å². The molecule has 0 aliphatic heterocycles. The van der Waals surface area contributed by atoms with E-state index in [9.17, 15) is 30.0 Å². The van der Waals surface area contributed by atoms with Gasteiger partial charge in [0, 0.05) is 13.4 Å². The first-order chi connectivity index (χ1) is 21.1. The third-order valence-corrected chi connectivity index (χ3v) is 10.1. The molecule has 1 unspecified atom stereocenters. The van der Waals surface area contributed by atoms with Crippen LogP contribution < -0.4 is 14.6 Å². The van der Waals surface area contributed by atoms with Crippen molar-refractivity contribution in [1.29, 1.82) is 0 Å². The number of thiazole rings is 1. The molecule has 0 bridgehead atoms. The number of hydrogen-bond donors (Lipinski definition) is 2. The Kier molecular flexibility index (Phi) is 8.73. The lowest BCUT2D eigenvalue weighted by molar-refractivity contribution is -0.274. The average molecular weight is 684 g/mol. The minimum atomic E-state index is -4.98. The highest BCUT2D eigenvalue weighted by Gasteiger charge is 2.54. The van der Waals surface area contributed by atoms with Crippen LogP contribution >= 0.6 is 11.3 Å². The Morgan fingerprint density at radius 1 is 0.956 bits per heavy atom. The zero-order valence-corrected chi connectivity index (χ0v) is 25.8. The maximum Gasteiger partial charge on any atom is 0.573 e. The Bertz CT molecular complexity index is 2050. The standard InChI is InChI=1S/C27H24F3N5O7S3/c1-40-15-16-3-5-17(6-4-16)18-7-12-21-22(13-18)43-25(33-21)26(44(2,36)37,19-8-10-20(11-9-19)42-27(28,29)30)24-35-34-23(41-24)14-32-45(31,38)39/h3-13,32H,14-15H2,1-2H3,(H2,31,38,39). The summed E-state index contributed by atoms with van der Waals surface area (Å²) >= 11 is 1.00. The van der Waals surface area contributed by atoms with Gasteiger partial charge in [-0.2, -0.15) is 13.1 Å². The summed E-state index contributed by atoms with van der Waals surface area (Å²) < 4.78 is 104. The van der Waals surface area contributed by atoms with Crippen molar-refractivity contribution >= 4 is 41.6 Å². The Morgan fingerprint density at radius 3 is 2.22 bits per heavy atom. The maximum atomic E-state index is 13.8. The number of aromatic nitrogens is 3. The van der Waals surface area contributed by atoms with Gasteiger partial charge in [0.25, 0.3) is 10.2 Å². The van der Waals surface area contributed by atoms with Gasteiger partial charge in [0.1, 0.15) is 10.8 Å². The van der Waals surface area contributed by atoms with E-state index in [1.165, 1.54) is 0 Å². The molecule has 5 rings (SSSR count). The second-order valence-corrected chi connectivity index (χ2v) is 14.3. The number of nitrogens with one attached hydrogen (secondary N) is 1. The molecule has 0 aliphatic carbocycles. The first-order valence-corrected chi connectivity index (χ1v) is 17.0. The number of hydrogen-bond acceptors (Lipinski definition) is 11. The summed E-state index contributed by atoms with van der Waals surface area (Å²) in [4.78, 5) is 4.61. The molecule has 238 valence electrons. The van der Waals surface area contributed by atoms with E-state index in [-0.39, 0.29) is 16.5 Å². The molecule has 2 aromatic heterocycles. The lowest BCUT2D eigenvalue weighted by Gasteiger charge is -2.27. The zero-order chi connectivity index (χ0) is 32.6. The van der Waals surface area contributed by atoms with Crippen LogP contribution in [0.2, 0.25) is 0 Å². The largest absolute Gasteiger partial charge is 0.573 e. The smallest absolute Gasteiger partial charge is 0.421 e. The van der Waals surface area contributed by atoms with Gasteiger partial charge in [-0.05, 0) is 46.5 Å². The lowest BCUT2D eigenvalue weighted by atomic mass is 9.98. The van der Waals surface area contributed by atoms with Crippen molar-refractivity contribution in [3.63, 3.8) is 0 Å². The highest BCUT2D eigenvalue weighted by molar-refractivity contribution is 7.92. The number of rotatable bonds is 11. The minimum absolute atomic E-state index is 0.0494. The van der Waals surface area contributed by atoms with Gasteiger partial charge in [0.05, 0.1) is 23.4 Å². The first kappa shape index (κ1) is 32.5. The molecule has 0 spiro atoms. The Labute approximate surface area is 259 Å². The van der Waals surface area contributed by atoms with Crippen LogP contribution in [0.4, 0.5) is 13.2 Å². The Morgan fingerprint density at radius 2 is 1.62 bits per heavy atom. The molecule has 18 heteroatoms. The fourth-order valence-corrected chi connectivity index (χ4v) is 7.94. The van der Waals surface area contributed by atoms with Crippen LogP contribution in [0.15, 0.2) is 71.1 Å². The summed E-state index contributed by atoms with van der Waals surface area (Å²) in [6.45, 7) is -0.111. The highest BCUT2D eigenvalue weighted by atomic mass is 32.2. The van der Waals surface area contributed by atoms with Gasteiger partial charge in [-0.3, -0.25) is 0 Å². The van der Waals surface area contributed by atoms with E-state index < -0.39 is 49.3 Å². The highest BCUT2D eigenvalue weighted by Crippen LogP contribution is 2.46. The van der Waals surface area contributed by atoms with Gasteiger partial charge < -0.3 is 13.9 Å². The molecule has 0 amide bonds. The fraction of sp³-hybridized carbons (Fsp3) is 0.222. The van der Waals surface area contributed by atoms with E-state index in [0.29, 0.717) is 16.8 Å². The van der Waals surface area contributed by atoms with Crippen LogP contribution in [-0.2, 0) is 42.7 Å². The zero-order valence-electron chi connectivity index (χ0n) is 23.4. The van der Waals surface area contributed by atoms with Crippen LogP contribution in [0.25, 0.3) is 21.3 Å². The quantitative estimate of drug-likeness (QED) is 0.207. The van der Waals surface area contributed by atoms with Crippen LogP contribution in [0, 0.1) is 0 Å². The number of benzene rings is 3. The van der Waals surface area contributed by atoms with Gasteiger partial charge in [0.2, 0.25) is 16.5 Å². The van der Waals surface area contributed by atoms with Crippen molar-refractivity contribution in [3.8, 4) is 16.9 Å². The van der Waals surface area contributed by atoms with Gasteiger partial charge in [-0.25, -0.2) is 18.5 Å². The van der Waals surface area contributed by atoms with Crippen LogP contribution in [0.1, 0.15) is 27.9 Å². The molecule has 0 saturated carbocycles. The summed E-state index contributed by atoms with van der Waals surface area (Å²) in [5, 5.41) is 12.6. The molecular weight excluding hydrogens is 660 g/mol. The summed E-state index contributed by atoms with van der Waals surface area (Å²) in [5.74, 6) is -1.44. The minimum Gasteiger partial charge on any atom is -0.421 e. The third kappa shape index (κ3) is 7.00. The number of fused-ring (bicyclic) bond motifs is 1. The van der Waals surface area contributed by atoms with E-state index >= 15 is 0 Å². The summed E-state index contributed by atoms with van der Waals surface area (Å²) in [7, 11) is -6.94. The van der Waals surface area contributed by atoms with Crippen molar-refractivity contribution in [2.45, 2.75) is 24.3 Å². The van der Waals surface area contributed by atoms with E-state index in [4.69, 9.17) is 14.3 Å². The number of sulfone groups is 1. The molecule has 3 N–H and O–H groups in total. The molecule has 12 nitrogen and oxygen atoms in total. The second-order valence-electron chi connectivity index (χ2n) is 9.72. The van der Waals surface area contributed by atoms with E-state index in [1.807, 2.05) is 41.1 Å². The molecule has 0 saturated heterocycles. The topological polar surface area (TPSA) is 177 Å². The number of alkyl halides is 3. The third-order valence-electron chi connectivity index (χ3n) is 6.53. The normalized spacial score (nSPS) is 14.0. The SMILES string of the molecule is COCc1ccc(-c2ccc3nc(C(c4ccc(OC(F)(F)F)cc4)(c4nnc(CNS(N)(=O)=O)o4)S(C)(=O)=O)sc3c2)cc1. The van der Waals surface area contributed by atoms with Crippen molar-refractivity contribution < 1.29 is 43.9 Å². The van der Waals surface area contributed by atoms with Gasteiger partial charge in [-0.15, -0.1) is 34.7 Å². The van der Waals surface area contributed by atoms with Gasteiger partial charge >= 0.3 is 6.36 Å². The Hall–Kier alpha value is -3.94. The molecule has 1 atom stereocenters. The van der Waals surface area contributed by atoms with Gasteiger partial charge in [0.15, 0.2) is 9.84 Å². The maximum absolute atomic E-state index is 13.8. The second kappa shape index (κ2) is 12.1. The number of halogens is 3. The average Bonchev–Trinajstić information content (AvgIpc) is 3.59. The summed E-state index contributed by atoms with van der Waals surface area (Å²) in [6, 6.07) is 17.1. The van der Waals surface area contributed by atoms with Crippen LogP contribution in [0.3, 0.4) is 0 Å². The summed E-state index contributed by atoms with van der Waals surface area (Å²) in [5.41, 5.74) is 3.02. The van der Waals surface area contributed by atoms with E-state index in [2.05, 4.69) is 19.9 Å². The van der Waals surface area contributed by atoms with Gasteiger partial charge in [-0.1, -0.05) is 42.5 Å². The number of nitrogens with zero attached hydrogens (tertiary/aromatic N) is 3. The predicted octanol–water partition coefficient (Wildman–Crippen LogP) is 4.02.